The van der Waals surface area contributed by atoms with Gasteiger partial charge >= 0.3 is 0 Å². The van der Waals surface area contributed by atoms with Crippen molar-refractivity contribution in [2.75, 3.05) is 32.6 Å². The molecular formula is C20H31ClN2O6S. The van der Waals surface area contributed by atoms with Crippen LogP contribution in [0.25, 0.3) is 0 Å². The van der Waals surface area contributed by atoms with E-state index in [0.29, 0.717) is 44.3 Å². The number of benzene rings is 1. The average molecular weight is 463 g/mol. The van der Waals surface area contributed by atoms with Crippen LogP contribution in [-0.4, -0.2) is 64.1 Å². The summed E-state index contributed by atoms with van der Waals surface area (Å²) < 4.78 is 10.8. The van der Waals surface area contributed by atoms with Crippen LogP contribution in [0.1, 0.15) is 35.7 Å². The first-order chi connectivity index (χ1) is 14.5. The molecule has 1 aromatic carbocycles. The second-order valence-electron chi connectivity index (χ2n) is 5.82. The highest BCUT2D eigenvalue weighted by Gasteiger charge is 2.03. The minimum atomic E-state index is -0.220. The van der Waals surface area contributed by atoms with Gasteiger partial charge in [0.1, 0.15) is 25.4 Å². The van der Waals surface area contributed by atoms with Gasteiger partial charge in [0.2, 0.25) is 12.3 Å². The molecule has 0 aliphatic carbocycles. The Labute approximate surface area is 186 Å². The van der Waals surface area contributed by atoms with Crippen molar-refractivity contribution in [1.82, 2.24) is 10.6 Å². The van der Waals surface area contributed by atoms with Gasteiger partial charge in [-0.2, -0.15) is 0 Å². The van der Waals surface area contributed by atoms with Crippen LogP contribution in [0.15, 0.2) is 18.2 Å². The van der Waals surface area contributed by atoms with E-state index < -0.39 is 0 Å². The van der Waals surface area contributed by atoms with Crippen LogP contribution >= 0.6 is 21.7 Å². The number of ether oxygens (including phenoxy) is 2. The van der Waals surface area contributed by atoms with Gasteiger partial charge in [0, 0.05) is 23.8 Å². The predicted molar refractivity (Wildman–Crippen MR) is 120 cm³/mol. The zero-order chi connectivity index (χ0) is 23.2. The summed E-state index contributed by atoms with van der Waals surface area (Å²) in [6.45, 7) is 7.51. The molecular weight excluding hydrogens is 432 g/mol. The van der Waals surface area contributed by atoms with E-state index in [1.807, 2.05) is 33.8 Å². The van der Waals surface area contributed by atoms with Crippen LogP contribution in [-0.2, 0) is 19.1 Å². The van der Waals surface area contributed by atoms with Gasteiger partial charge in [0.25, 0.3) is 0 Å². The number of carbonyl (C=O) groups is 4. The van der Waals surface area contributed by atoms with Gasteiger partial charge in [-0.3, -0.25) is 19.7 Å². The second-order valence-corrected chi connectivity index (χ2v) is 7.11. The zero-order valence-electron chi connectivity index (χ0n) is 17.6. The van der Waals surface area contributed by atoms with Crippen molar-refractivity contribution in [3.63, 3.8) is 0 Å². The second kappa shape index (κ2) is 21.8. The van der Waals surface area contributed by atoms with Gasteiger partial charge in [-0.15, -0.1) is 0 Å². The molecule has 1 unspecified atom stereocenters. The summed E-state index contributed by atoms with van der Waals surface area (Å²) in [4.78, 5) is 39.1. The maximum Gasteiger partial charge on any atom is 0.226 e. The Bertz CT molecular complexity index is 607. The summed E-state index contributed by atoms with van der Waals surface area (Å²) in [6, 6.07) is 5.69. The monoisotopic (exact) mass is 462 g/mol. The molecule has 1 rings (SSSR count). The molecule has 0 saturated heterocycles. The van der Waals surface area contributed by atoms with Gasteiger partial charge in [-0.25, -0.2) is 0 Å². The predicted octanol–water partition coefficient (Wildman–Crippen LogP) is 2.55. The normalized spacial score (nSPS) is 10.4. The first kappa shape index (κ1) is 30.3. The average Bonchev–Trinajstić information content (AvgIpc) is 2.76. The number of hydrogen-bond donors (Lipinski definition) is 2. The van der Waals surface area contributed by atoms with Crippen molar-refractivity contribution in [1.29, 1.82) is 0 Å². The molecule has 30 heavy (non-hydrogen) atoms. The highest BCUT2D eigenvalue weighted by molar-refractivity contribution is 8.21. The van der Waals surface area contributed by atoms with Crippen LogP contribution in [0, 0.1) is 6.92 Å². The van der Waals surface area contributed by atoms with E-state index >= 15 is 0 Å². The number of hydrogen-bond acceptors (Lipinski definition) is 8. The molecule has 10 heteroatoms. The van der Waals surface area contributed by atoms with Crippen molar-refractivity contribution in [3.05, 3.63) is 29.3 Å². The summed E-state index contributed by atoms with van der Waals surface area (Å²) in [5.74, 6) is 1.31. The number of imide groups is 1. The Hall–Kier alpha value is -1.94. The quantitative estimate of drug-likeness (QED) is 0.340. The third-order valence-electron chi connectivity index (χ3n) is 3.69. The lowest BCUT2D eigenvalue weighted by atomic mass is 10.1. The lowest BCUT2D eigenvalue weighted by molar-refractivity contribution is -0.125. The summed E-state index contributed by atoms with van der Waals surface area (Å²) in [5.41, 5.74) is 1.60. The van der Waals surface area contributed by atoms with Crippen LogP contribution < -0.4 is 15.4 Å². The Kier molecular flexibility index (Phi) is 21.9. The van der Waals surface area contributed by atoms with Gasteiger partial charge in [-0.05, 0) is 61.8 Å². The lowest BCUT2D eigenvalue weighted by Gasteiger charge is -2.08. The lowest BCUT2D eigenvalue weighted by Crippen LogP contribution is -2.26. The molecule has 0 aliphatic rings. The van der Waals surface area contributed by atoms with E-state index in [4.69, 9.17) is 25.0 Å². The number of halogens is 1. The van der Waals surface area contributed by atoms with Gasteiger partial charge in [0.15, 0.2) is 0 Å². The maximum atomic E-state index is 10.7. The highest BCUT2D eigenvalue weighted by atomic mass is 35.7. The summed E-state index contributed by atoms with van der Waals surface area (Å²) in [6.07, 6.45) is 2.38. The molecule has 0 bridgehead atoms. The van der Waals surface area contributed by atoms with E-state index in [1.54, 1.807) is 12.1 Å². The Morgan fingerprint density at radius 3 is 2.50 bits per heavy atom. The number of carbonyl (C=O) groups excluding carboxylic acids is 4. The minimum Gasteiger partial charge on any atom is -0.491 e. The molecule has 1 atom stereocenters. The molecule has 0 saturated carbocycles. The third kappa shape index (κ3) is 17.0. The van der Waals surface area contributed by atoms with Crippen LogP contribution in [0.2, 0.25) is 0 Å². The fourth-order valence-corrected chi connectivity index (χ4v) is 2.28. The van der Waals surface area contributed by atoms with Crippen LogP contribution in [0.4, 0.5) is 0 Å². The Balaban J connectivity index is 0. The van der Waals surface area contributed by atoms with E-state index in [9.17, 15) is 14.4 Å². The number of amides is 2. The first-order valence-corrected chi connectivity index (χ1v) is 11.0. The minimum absolute atomic E-state index is 0.220. The summed E-state index contributed by atoms with van der Waals surface area (Å²) in [5, 5.41) is 5.07. The van der Waals surface area contributed by atoms with E-state index in [1.165, 1.54) is 11.0 Å². The van der Waals surface area contributed by atoms with Crippen molar-refractivity contribution >= 4 is 47.1 Å². The van der Waals surface area contributed by atoms with Crippen molar-refractivity contribution in [2.45, 2.75) is 32.7 Å². The molecule has 2 N–H and O–H groups in total. The standard InChI is InChI=1S/C12H15ClO3S.C7H14N2O2.CH2O/c1-10-8-12(3-2-11(10)9-14)16-5-4-15-6-7-17-13;1-6(8-2)3-4-7(11)9-5-10;1-2/h2-3,8-9H,4-7H2,1H3;5-6,8H,3-4H2,1-2H3,(H,9,10,11);1H2. The molecule has 170 valence electrons. The smallest absolute Gasteiger partial charge is 0.226 e. The van der Waals surface area contributed by atoms with Crippen molar-refractivity contribution < 1.29 is 28.7 Å². The number of aryl methyl sites for hydroxylation is 1. The Morgan fingerprint density at radius 1 is 1.27 bits per heavy atom. The molecule has 0 aliphatic heterocycles. The summed E-state index contributed by atoms with van der Waals surface area (Å²) >= 11 is 0. The fourth-order valence-electron chi connectivity index (χ4n) is 1.91. The van der Waals surface area contributed by atoms with Crippen molar-refractivity contribution in [3.8, 4) is 5.75 Å². The summed E-state index contributed by atoms with van der Waals surface area (Å²) in [7, 11) is 8.50. The molecule has 0 heterocycles. The molecule has 0 spiro atoms. The molecule has 2 amide bonds. The number of nitrogens with one attached hydrogen (secondary N) is 2. The van der Waals surface area contributed by atoms with Crippen LogP contribution in [0.3, 0.4) is 0 Å². The van der Waals surface area contributed by atoms with Crippen LogP contribution in [0.5, 0.6) is 5.75 Å². The van der Waals surface area contributed by atoms with Gasteiger partial charge < -0.3 is 19.6 Å². The SMILES string of the molecule is C=O.CNC(C)CCC(=O)NC=O.Cc1cc(OCCOCCSCl)ccc1C=O. The third-order valence-corrected chi connectivity index (χ3v) is 4.47. The molecule has 8 nitrogen and oxygen atoms in total. The first-order valence-electron chi connectivity index (χ1n) is 9.17. The maximum absolute atomic E-state index is 10.7. The molecule has 0 radical (unpaired) electrons. The fraction of sp³-hybridized carbons (Fsp3) is 0.500. The van der Waals surface area contributed by atoms with E-state index in [0.717, 1.165) is 29.8 Å². The zero-order valence-corrected chi connectivity index (χ0v) is 19.2. The molecule has 0 aromatic heterocycles. The number of aldehydes is 1. The van der Waals surface area contributed by atoms with Crippen molar-refractivity contribution in [2.24, 2.45) is 0 Å². The van der Waals surface area contributed by atoms with E-state index in [2.05, 4.69) is 10.6 Å². The largest absolute Gasteiger partial charge is 0.491 e. The molecule has 1 aromatic rings. The highest BCUT2D eigenvalue weighted by Crippen LogP contribution is 2.15. The molecule has 0 fully saturated rings. The van der Waals surface area contributed by atoms with E-state index in [-0.39, 0.29) is 5.91 Å². The number of rotatable bonds is 13. The Morgan fingerprint density at radius 2 is 1.97 bits per heavy atom. The van der Waals surface area contributed by atoms with Gasteiger partial charge in [0.05, 0.1) is 13.2 Å². The topological polar surface area (TPSA) is 111 Å². The van der Waals surface area contributed by atoms with Gasteiger partial charge in [-0.1, -0.05) is 11.0 Å².